The molecule has 20 heavy (non-hydrogen) atoms. The Hall–Kier alpha value is -2.10. The van der Waals surface area contributed by atoms with E-state index in [9.17, 15) is 4.79 Å². The fraction of sp³-hybridized carbons (Fsp3) is 0.214. The Balaban J connectivity index is 2.44. The third-order valence-electron chi connectivity index (χ3n) is 2.64. The fourth-order valence-corrected chi connectivity index (χ4v) is 2.51. The minimum atomic E-state index is -0.406. The maximum absolute atomic E-state index is 11.9. The van der Waals surface area contributed by atoms with Crippen LogP contribution < -0.4 is 11.3 Å². The predicted octanol–water partition coefficient (Wildman–Crippen LogP) is 1.75. The molecule has 0 aliphatic rings. The number of nitriles is 1. The van der Waals surface area contributed by atoms with E-state index in [1.165, 1.54) is 11.8 Å². The molecule has 2 aromatic rings. The molecule has 5 nitrogen and oxygen atoms in total. The number of hydrogen-bond acceptors (Lipinski definition) is 5. The molecule has 0 atom stereocenters. The van der Waals surface area contributed by atoms with Gasteiger partial charge in [0.05, 0.1) is 5.69 Å². The van der Waals surface area contributed by atoms with E-state index in [4.69, 9.17) is 11.0 Å². The Morgan fingerprint density at radius 1 is 1.35 bits per heavy atom. The van der Waals surface area contributed by atoms with Crippen molar-refractivity contribution in [1.82, 2.24) is 9.97 Å². The molecule has 3 N–H and O–H groups in total. The first-order valence-corrected chi connectivity index (χ1v) is 7.17. The molecule has 0 bridgehead atoms. The summed E-state index contributed by atoms with van der Waals surface area (Å²) >= 11 is 1.43. The summed E-state index contributed by atoms with van der Waals surface area (Å²) < 4.78 is 0. The Morgan fingerprint density at radius 2 is 2.10 bits per heavy atom. The second-order valence-corrected chi connectivity index (χ2v) is 5.15. The van der Waals surface area contributed by atoms with Crippen LogP contribution in [0.5, 0.6) is 0 Å². The first kappa shape index (κ1) is 14.3. The third-order valence-corrected chi connectivity index (χ3v) is 3.60. The van der Waals surface area contributed by atoms with E-state index in [1.54, 1.807) is 0 Å². The molecule has 1 aromatic heterocycles. The van der Waals surface area contributed by atoms with Gasteiger partial charge in [0.2, 0.25) is 0 Å². The van der Waals surface area contributed by atoms with Gasteiger partial charge in [-0.25, -0.2) is 4.98 Å². The van der Waals surface area contributed by atoms with Gasteiger partial charge in [-0.2, -0.15) is 5.26 Å². The van der Waals surface area contributed by atoms with Crippen molar-refractivity contribution in [2.24, 2.45) is 5.73 Å². The summed E-state index contributed by atoms with van der Waals surface area (Å²) in [6.45, 7) is 0.596. The van der Waals surface area contributed by atoms with Crippen molar-refractivity contribution in [3.8, 4) is 17.3 Å². The lowest BCUT2D eigenvalue weighted by molar-refractivity contribution is 0.913. The van der Waals surface area contributed by atoms with E-state index in [2.05, 4.69) is 9.97 Å². The van der Waals surface area contributed by atoms with E-state index in [0.717, 1.165) is 17.7 Å². The number of benzene rings is 1. The SMILES string of the molecule is N#Cc1c(-c2ccccc2)nc(SCCCN)[nH]c1=O. The summed E-state index contributed by atoms with van der Waals surface area (Å²) in [6.07, 6.45) is 0.842. The number of aromatic amines is 1. The number of nitrogens with two attached hydrogens (primary N) is 1. The van der Waals surface area contributed by atoms with Gasteiger partial charge < -0.3 is 10.7 Å². The van der Waals surface area contributed by atoms with Crippen molar-refractivity contribution in [3.63, 3.8) is 0 Å². The summed E-state index contributed by atoms with van der Waals surface area (Å²) in [7, 11) is 0. The zero-order valence-corrected chi connectivity index (χ0v) is 11.6. The molecule has 0 spiro atoms. The molecule has 0 fully saturated rings. The van der Waals surface area contributed by atoms with Crippen LogP contribution in [0.1, 0.15) is 12.0 Å². The zero-order chi connectivity index (χ0) is 14.4. The molecule has 0 aliphatic heterocycles. The summed E-state index contributed by atoms with van der Waals surface area (Å²) in [4.78, 5) is 19.0. The standard InChI is InChI=1S/C14H14N4OS/c15-7-4-8-20-14-17-12(10-5-2-1-3-6-10)11(9-16)13(19)18-14/h1-3,5-6H,4,7-8,15H2,(H,17,18,19). The summed E-state index contributed by atoms with van der Waals surface area (Å²) in [5.41, 5.74) is 6.26. The highest BCUT2D eigenvalue weighted by Crippen LogP contribution is 2.21. The lowest BCUT2D eigenvalue weighted by atomic mass is 10.1. The van der Waals surface area contributed by atoms with Gasteiger partial charge in [-0.15, -0.1) is 0 Å². The fourth-order valence-electron chi connectivity index (χ4n) is 1.68. The molecule has 102 valence electrons. The summed E-state index contributed by atoms with van der Waals surface area (Å²) in [6, 6.07) is 11.2. The van der Waals surface area contributed by atoms with Gasteiger partial charge in [0, 0.05) is 11.3 Å². The third kappa shape index (κ3) is 3.26. The lowest BCUT2D eigenvalue weighted by Crippen LogP contribution is -2.15. The number of rotatable bonds is 5. The maximum atomic E-state index is 11.9. The number of thioether (sulfide) groups is 1. The van der Waals surface area contributed by atoms with E-state index < -0.39 is 5.56 Å². The molecular formula is C14H14N4OS. The van der Waals surface area contributed by atoms with Gasteiger partial charge in [-0.05, 0) is 13.0 Å². The lowest BCUT2D eigenvalue weighted by Gasteiger charge is -2.06. The van der Waals surface area contributed by atoms with E-state index in [1.807, 2.05) is 36.4 Å². The minimum absolute atomic E-state index is 0.0411. The van der Waals surface area contributed by atoms with Crippen LogP contribution in [-0.2, 0) is 0 Å². The van der Waals surface area contributed by atoms with Crippen LogP contribution in [0.2, 0.25) is 0 Å². The number of H-pyrrole nitrogens is 1. The van der Waals surface area contributed by atoms with Crippen molar-refractivity contribution in [1.29, 1.82) is 5.26 Å². The zero-order valence-electron chi connectivity index (χ0n) is 10.8. The van der Waals surface area contributed by atoms with Gasteiger partial charge in [0.25, 0.3) is 5.56 Å². The Bertz CT molecular complexity index is 676. The van der Waals surface area contributed by atoms with E-state index in [-0.39, 0.29) is 5.56 Å². The number of nitrogens with zero attached hydrogens (tertiary/aromatic N) is 2. The largest absolute Gasteiger partial charge is 0.330 e. The van der Waals surface area contributed by atoms with E-state index in [0.29, 0.717) is 17.4 Å². The van der Waals surface area contributed by atoms with Gasteiger partial charge >= 0.3 is 0 Å². The Labute approximate surface area is 120 Å². The van der Waals surface area contributed by atoms with Crippen LogP contribution in [0, 0.1) is 11.3 Å². The molecule has 6 heteroatoms. The van der Waals surface area contributed by atoms with Crippen molar-refractivity contribution >= 4 is 11.8 Å². The molecule has 0 aliphatic carbocycles. The van der Waals surface area contributed by atoms with Crippen molar-refractivity contribution in [2.45, 2.75) is 11.6 Å². The molecule has 1 heterocycles. The Morgan fingerprint density at radius 3 is 2.75 bits per heavy atom. The Kier molecular flexibility index (Phi) is 4.93. The molecule has 0 unspecified atom stereocenters. The topological polar surface area (TPSA) is 95.6 Å². The van der Waals surface area contributed by atoms with Crippen LogP contribution in [-0.4, -0.2) is 22.3 Å². The van der Waals surface area contributed by atoms with Crippen molar-refractivity contribution in [3.05, 3.63) is 46.2 Å². The van der Waals surface area contributed by atoms with Gasteiger partial charge in [0.15, 0.2) is 5.16 Å². The second kappa shape index (κ2) is 6.89. The molecule has 2 rings (SSSR count). The quantitative estimate of drug-likeness (QED) is 0.496. The second-order valence-electron chi connectivity index (χ2n) is 4.06. The van der Waals surface area contributed by atoms with Crippen molar-refractivity contribution in [2.75, 3.05) is 12.3 Å². The molecule has 0 saturated carbocycles. The first-order chi connectivity index (χ1) is 9.76. The van der Waals surface area contributed by atoms with Gasteiger partial charge in [-0.3, -0.25) is 4.79 Å². The van der Waals surface area contributed by atoms with E-state index >= 15 is 0 Å². The number of nitrogens with one attached hydrogen (secondary N) is 1. The summed E-state index contributed by atoms with van der Waals surface area (Å²) in [5, 5.41) is 9.65. The van der Waals surface area contributed by atoms with Crippen molar-refractivity contribution < 1.29 is 0 Å². The maximum Gasteiger partial charge on any atom is 0.270 e. The molecule has 0 radical (unpaired) electrons. The highest BCUT2D eigenvalue weighted by atomic mass is 32.2. The van der Waals surface area contributed by atoms with Crippen LogP contribution >= 0.6 is 11.8 Å². The molecule has 1 aromatic carbocycles. The first-order valence-electron chi connectivity index (χ1n) is 6.19. The average molecular weight is 286 g/mol. The summed E-state index contributed by atoms with van der Waals surface area (Å²) in [5.74, 6) is 0.777. The molecule has 0 saturated heterocycles. The average Bonchev–Trinajstić information content (AvgIpc) is 2.48. The monoisotopic (exact) mass is 286 g/mol. The van der Waals surface area contributed by atoms with Crippen LogP contribution in [0.25, 0.3) is 11.3 Å². The molecular weight excluding hydrogens is 272 g/mol. The number of aromatic nitrogens is 2. The molecule has 0 amide bonds. The number of hydrogen-bond donors (Lipinski definition) is 2. The highest BCUT2D eigenvalue weighted by Gasteiger charge is 2.13. The van der Waals surface area contributed by atoms with Gasteiger partial charge in [0.1, 0.15) is 11.6 Å². The van der Waals surface area contributed by atoms with Crippen LogP contribution in [0.4, 0.5) is 0 Å². The highest BCUT2D eigenvalue weighted by molar-refractivity contribution is 7.99. The minimum Gasteiger partial charge on any atom is -0.330 e. The predicted molar refractivity (Wildman–Crippen MR) is 79.4 cm³/mol. The smallest absolute Gasteiger partial charge is 0.270 e. The van der Waals surface area contributed by atoms with Gasteiger partial charge in [-0.1, -0.05) is 42.1 Å². The normalized spacial score (nSPS) is 10.2. The van der Waals surface area contributed by atoms with Crippen LogP contribution in [0.15, 0.2) is 40.3 Å². The van der Waals surface area contributed by atoms with Crippen LogP contribution in [0.3, 0.4) is 0 Å².